The Kier molecular flexibility index (Phi) is 6.53. The summed E-state index contributed by atoms with van der Waals surface area (Å²) in [7, 11) is 0. The molecule has 0 N–H and O–H groups in total. The third-order valence-corrected chi connectivity index (χ3v) is 4.73. The molecule has 9 heteroatoms. The Hall–Kier alpha value is -3.59. The number of hydrogen-bond acceptors (Lipinski definition) is 6. The number of nitrogens with zero attached hydrogens (tertiary/aromatic N) is 3. The Balaban J connectivity index is 1.95. The SMILES string of the molecule is CCc1ccc(N=Cc2cc(Br)ccc2Oc2ccc([N+](=O)[O-])cc2[N+](=O)[O-])cc1. The van der Waals surface area contributed by atoms with Gasteiger partial charge in [0.2, 0.25) is 5.75 Å². The number of rotatable bonds is 7. The zero-order chi connectivity index (χ0) is 21.7. The van der Waals surface area contributed by atoms with E-state index in [-0.39, 0.29) is 11.4 Å². The molecule has 0 heterocycles. The van der Waals surface area contributed by atoms with Crippen molar-refractivity contribution < 1.29 is 14.6 Å². The second-order valence-corrected chi connectivity index (χ2v) is 7.14. The van der Waals surface area contributed by atoms with Gasteiger partial charge in [0, 0.05) is 22.3 Å². The Morgan fingerprint density at radius 1 is 0.967 bits per heavy atom. The molecule has 0 aliphatic rings. The van der Waals surface area contributed by atoms with Crippen molar-refractivity contribution in [2.24, 2.45) is 4.99 Å². The minimum atomic E-state index is -0.718. The molecule has 3 rings (SSSR count). The molecule has 0 unspecified atom stereocenters. The summed E-state index contributed by atoms with van der Waals surface area (Å²) in [6.07, 6.45) is 2.53. The van der Waals surface area contributed by atoms with Crippen molar-refractivity contribution >= 4 is 39.2 Å². The molecule has 0 aliphatic heterocycles. The van der Waals surface area contributed by atoms with Crippen LogP contribution in [0.1, 0.15) is 18.1 Å². The average Bonchev–Trinajstić information content (AvgIpc) is 2.74. The molecule has 8 nitrogen and oxygen atoms in total. The Morgan fingerprint density at radius 2 is 1.67 bits per heavy atom. The number of nitro benzene ring substituents is 2. The van der Waals surface area contributed by atoms with Crippen LogP contribution in [0.2, 0.25) is 0 Å². The van der Waals surface area contributed by atoms with Crippen LogP contribution in [0.15, 0.2) is 70.1 Å². The van der Waals surface area contributed by atoms with Crippen molar-refractivity contribution in [3.05, 3.63) is 96.5 Å². The molecule has 0 radical (unpaired) electrons. The van der Waals surface area contributed by atoms with Crippen LogP contribution < -0.4 is 4.74 Å². The maximum atomic E-state index is 11.4. The van der Waals surface area contributed by atoms with Gasteiger partial charge in [-0.25, -0.2) is 0 Å². The van der Waals surface area contributed by atoms with Gasteiger partial charge in [0.25, 0.3) is 5.69 Å². The largest absolute Gasteiger partial charge is 0.449 e. The highest BCUT2D eigenvalue weighted by molar-refractivity contribution is 9.10. The van der Waals surface area contributed by atoms with Gasteiger partial charge < -0.3 is 4.74 Å². The first-order chi connectivity index (χ1) is 14.4. The number of benzene rings is 3. The molecule has 0 saturated heterocycles. The van der Waals surface area contributed by atoms with E-state index >= 15 is 0 Å². The molecule has 152 valence electrons. The standard InChI is InChI=1S/C21H16BrN3O5/c1-2-14-3-6-17(7-4-14)23-13-15-11-16(22)5-9-20(15)30-21-10-8-18(24(26)27)12-19(21)25(28)29/h3-13H,2H2,1H3. The normalized spacial score (nSPS) is 10.9. The van der Waals surface area contributed by atoms with E-state index in [1.165, 1.54) is 11.6 Å². The van der Waals surface area contributed by atoms with E-state index in [1.807, 2.05) is 24.3 Å². The lowest BCUT2D eigenvalue weighted by Gasteiger charge is -2.09. The smallest absolute Gasteiger partial charge is 0.318 e. The molecule has 0 aliphatic carbocycles. The second-order valence-electron chi connectivity index (χ2n) is 6.23. The quantitative estimate of drug-likeness (QED) is 0.227. The van der Waals surface area contributed by atoms with Gasteiger partial charge in [-0.1, -0.05) is 35.0 Å². The van der Waals surface area contributed by atoms with E-state index in [2.05, 4.69) is 27.8 Å². The number of hydrogen-bond donors (Lipinski definition) is 0. The minimum absolute atomic E-state index is 0.102. The first kappa shape index (κ1) is 21.1. The summed E-state index contributed by atoms with van der Waals surface area (Å²) >= 11 is 3.39. The number of non-ortho nitro benzene ring substituents is 1. The fourth-order valence-corrected chi connectivity index (χ4v) is 3.02. The van der Waals surface area contributed by atoms with Crippen LogP contribution in [0.5, 0.6) is 11.5 Å². The molecule has 0 fully saturated rings. The number of aliphatic imine (C=N–C) groups is 1. The predicted octanol–water partition coefficient (Wildman–Crippen LogP) is 6.37. The highest BCUT2D eigenvalue weighted by Crippen LogP contribution is 2.36. The number of ether oxygens (including phenoxy) is 1. The fourth-order valence-electron chi connectivity index (χ4n) is 2.64. The molecule has 0 bridgehead atoms. The lowest BCUT2D eigenvalue weighted by Crippen LogP contribution is -1.97. The van der Waals surface area contributed by atoms with Crippen molar-refractivity contribution in [1.29, 1.82) is 0 Å². The van der Waals surface area contributed by atoms with Crippen LogP contribution >= 0.6 is 15.9 Å². The molecule has 0 spiro atoms. The highest BCUT2D eigenvalue weighted by Gasteiger charge is 2.21. The molecular formula is C21H16BrN3O5. The van der Waals surface area contributed by atoms with Gasteiger partial charge in [-0.15, -0.1) is 0 Å². The fraction of sp³-hybridized carbons (Fsp3) is 0.0952. The maximum absolute atomic E-state index is 11.4. The third-order valence-electron chi connectivity index (χ3n) is 4.24. The molecule has 0 aromatic heterocycles. The van der Waals surface area contributed by atoms with Crippen LogP contribution in [-0.4, -0.2) is 16.1 Å². The molecule has 3 aromatic carbocycles. The maximum Gasteiger partial charge on any atom is 0.318 e. The Labute approximate surface area is 180 Å². The highest BCUT2D eigenvalue weighted by atomic mass is 79.9. The van der Waals surface area contributed by atoms with Crippen LogP contribution in [0.4, 0.5) is 17.1 Å². The van der Waals surface area contributed by atoms with E-state index in [0.717, 1.165) is 28.7 Å². The number of halogens is 1. The van der Waals surface area contributed by atoms with E-state index in [4.69, 9.17) is 4.74 Å². The molecule has 30 heavy (non-hydrogen) atoms. The minimum Gasteiger partial charge on any atom is -0.449 e. The van der Waals surface area contributed by atoms with Crippen LogP contribution in [0.3, 0.4) is 0 Å². The second kappa shape index (κ2) is 9.27. The first-order valence-corrected chi connectivity index (χ1v) is 9.70. The van der Waals surface area contributed by atoms with Gasteiger partial charge in [-0.2, -0.15) is 0 Å². The molecule has 0 atom stereocenters. The molecule has 0 saturated carbocycles. The molecule has 3 aromatic rings. The van der Waals surface area contributed by atoms with Gasteiger partial charge in [0.1, 0.15) is 5.75 Å². The summed E-state index contributed by atoms with van der Waals surface area (Å²) in [4.78, 5) is 25.3. The van der Waals surface area contributed by atoms with Crippen molar-refractivity contribution in [1.82, 2.24) is 0 Å². The average molecular weight is 470 g/mol. The third kappa shape index (κ3) is 5.06. The molecular weight excluding hydrogens is 454 g/mol. The van der Waals surface area contributed by atoms with Gasteiger partial charge in [0.15, 0.2) is 0 Å². The number of aryl methyl sites for hydroxylation is 1. The summed E-state index contributed by atoms with van der Waals surface area (Å²) in [5, 5.41) is 22.3. The lowest BCUT2D eigenvalue weighted by molar-refractivity contribution is -0.394. The van der Waals surface area contributed by atoms with Gasteiger partial charge in [-0.05, 0) is 48.4 Å². The van der Waals surface area contributed by atoms with E-state index in [9.17, 15) is 20.2 Å². The van der Waals surface area contributed by atoms with Crippen LogP contribution in [-0.2, 0) is 6.42 Å². The Morgan fingerprint density at radius 3 is 2.30 bits per heavy atom. The Bertz CT molecular complexity index is 1130. The van der Waals surface area contributed by atoms with Crippen molar-refractivity contribution in [3.8, 4) is 11.5 Å². The van der Waals surface area contributed by atoms with Crippen molar-refractivity contribution in [2.45, 2.75) is 13.3 Å². The first-order valence-electron chi connectivity index (χ1n) is 8.90. The number of nitro groups is 2. The summed E-state index contributed by atoms with van der Waals surface area (Å²) in [6.45, 7) is 2.07. The summed E-state index contributed by atoms with van der Waals surface area (Å²) < 4.78 is 6.51. The molecule has 0 amide bonds. The van der Waals surface area contributed by atoms with Gasteiger partial charge in [-0.3, -0.25) is 25.2 Å². The zero-order valence-corrected chi connectivity index (χ0v) is 17.4. The zero-order valence-electron chi connectivity index (χ0n) is 15.8. The predicted molar refractivity (Wildman–Crippen MR) is 117 cm³/mol. The van der Waals surface area contributed by atoms with E-state index < -0.39 is 15.5 Å². The van der Waals surface area contributed by atoms with E-state index in [0.29, 0.717) is 11.3 Å². The van der Waals surface area contributed by atoms with Crippen molar-refractivity contribution in [3.63, 3.8) is 0 Å². The van der Waals surface area contributed by atoms with E-state index in [1.54, 1.807) is 24.4 Å². The summed E-state index contributed by atoms with van der Waals surface area (Å²) in [5.41, 5.74) is 1.65. The monoisotopic (exact) mass is 469 g/mol. The topological polar surface area (TPSA) is 108 Å². The van der Waals surface area contributed by atoms with Gasteiger partial charge in [0.05, 0.1) is 21.6 Å². The lowest BCUT2D eigenvalue weighted by atomic mass is 10.1. The van der Waals surface area contributed by atoms with Crippen LogP contribution in [0, 0.1) is 20.2 Å². The van der Waals surface area contributed by atoms with Crippen molar-refractivity contribution in [2.75, 3.05) is 0 Å². The summed E-state index contributed by atoms with van der Waals surface area (Å²) in [6, 6.07) is 16.1. The summed E-state index contributed by atoms with van der Waals surface area (Å²) in [5.74, 6) is 0.221. The van der Waals surface area contributed by atoms with Crippen LogP contribution in [0.25, 0.3) is 0 Å². The van der Waals surface area contributed by atoms with Gasteiger partial charge >= 0.3 is 5.69 Å².